The van der Waals surface area contributed by atoms with Crippen LogP contribution in [0, 0.1) is 23.7 Å². The standard InChI is InChI=1S/C14H15NO4S/c1-3-20(18,19)12-11(14(12,8-15)13(16)17)10-6-4-9(2)5-7-10/h4-7,11-12H,3H2,1-2H3,(H,16,17)/t11-,12+,14-/m0/s1. The number of nitriles is 1. The average Bonchev–Trinajstić information content (AvgIpc) is 3.11. The lowest BCUT2D eigenvalue weighted by molar-refractivity contribution is -0.141. The number of carboxylic acids is 1. The third-order valence-electron chi connectivity index (χ3n) is 3.90. The molecule has 106 valence electrons. The molecule has 0 bridgehead atoms. The summed E-state index contributed by atoms with van der Waals surface area (Å²) in [6, 6.07) is 8.69. The predicted molar refractivity (Wildman–Crippen MR) is 72.9 cm³/mol. The van der Waals surface area contributed by atoms with Crippen LogP contribution in [0.2, 0.25) is 0 Å². The Bertz CT molecular complexity index is 687. The van der Waals surface area contributed by atoms with E-state index in [0.29, 0.717) is 5.56 Å². The molecular formula is C14H15NO4S. The van der Waals surface area contributed by atoms with Gasteiger partial charge in [-0.15, -0.1) is 0 Å². The molecule has 1 aromatic carbocycles. The van der Waals surface area contributed by atoms with Crippen LogP contribution < -0.4 is 0 Å². The zero-order valence-electron chi connectivity index (χ0n) is 11.2. The molecule has 1 N–H and O–H groups in total. The van der Waals surface area contributed by atoms with Gasteiger partial charge in [-0.1, -0.05) is 36.8 Å². The lowest BCUT2D eigenvalue weighted by atomic mass is 10.00. The van der Waals surface area contributed by atoms with Gasteiger partial charge in [-0.05, 0) is 12.5 Å². The molecule has 0 saturated heterocycles. The van der Waals surface area contributed by atoms with Crippen LogP contribution in [0.1, 0.15) is 24.0 Å². The second-order valence-corrected chi connectivity index (χ2v) is 7.46. The van der Waals surface area contributed by atoms with Crippen molar-refractivity contribution in [2.75, 3.05) is 5.75 Å². The summed E-state index contributed by atoms with van der Waals surface area (Å²) < 4.78 is 24.2. The summed E-state index contributed by atoms with van der Waals surface area (Å²) in [5, 5.41) is 17.4. The average molecular weight is 293 g/mol. The SMILES string of the molecule is CCS(=O)(=O)[C@@H]1[C@H](c2ccc(C)cc2)[C@]1(C#N)C(=O)O. The van der Waals surface area contributed by atoms with Gasteiger partial charge in [-0.25, -0.2) is 8.42 Å². The van der Waals surface area contributed by atoms with Crippen LogP contribution >= 0.6 is 0 Å². The van der Waals surface area contributed by atoms with Gasteiger partial charge in [0.25, 0.3) is 0 Å². The minimum absolute atomic E-state index is 0.170. The monoisotopic (exact) mass is 293 g/mol. The first-order chi connectivity index (χ1) is 9.31. The minimum Gasteiger partial charge on any atom is -0.480 e. The largest absolute Gasteiger partial charge is 0.480 e. The van der Waals surface area contributed by atoms with Crippen LogP contribution in [-0.4, -0.2) is 30.5 Å². The fourth-order valence-electron chi connectivity index (χ4n) is 2.67. The molecule has 1 aliphatic carbocycles. The molecule has 0 unspecified atom stereocenters. The zero-order valence-corrected chi connectivity index (χ0v) is 12.0. The van der Waals surface area contributed by atoms with E-state index in [9.17, 15) is 23.6 Å². The Labute approximate surface area is 117 Å². The Balaban J connectivity index is 2.54. The predicted octanol–water partition coefficient (Wildman–Crippen LogP) is 1.49. The van der Waals surface area contributed by atoms with E-state index < -0.39 is 32.4 Å². The summed E-state index contributed by atoms with van der Waals surface area (Å²) >= 11 is 0. The number of nitrogens with zero attached hydrogens (tertiary/aromatic N) is 1. The van der Waals surface area contributed by atoms with Gasteiger partial charge in [0.05, 0.1) is 6.07 Å². The van der Waals surface area contributed by atoms with Gasteiger partial charge in [0, 0.05) is 11.7 Å². The molecule has 20 heavy (non-hydrogen) atoms. The minimum atomic E-state index is -3.60. The molecule has 1 aromatic rings. The van der Waals surface area contributed by atoms with Crippen molar-refractivity contribution in [3.05, 3.63) is 35.4 Å². The van der Waals surface area contributed by atoms with Gasteiger partial charge < -0.3 is 5.11 Å². The molecule has 0 aromatic heterocycles. The maximum absolute atomic E-state index is 12.1. The van der Waals surface area contributed by atoms with Gasteiger partial charge >= 0.3 is 5.97 Å². The highest BCUT2D eigenvalue weighted by Gasteiger charge is 2.76. The van der Waals surface area contributed by atoms with E-state index in [-0.39, 0.29) is 5.75 Å². The lowest BCUT2D eigenvalue weighted by Gasteiger charge is -2.02. The summed E-state index contributed by atoms with van der Waals surface area (Å²) in [6.45, 7) is 3.34. The number of hydrogen-bond donors (Lipinski definition) is 1. The van der Waals surface area contributed by atoms with Gasteiger partial charge in [-0.3, -0.25) is 4.79 Å². The normalized spacial score (nSPS) is 28.6. The highest BCUT2D eigenvalue weighted by atomic mass is 32.2. The van der Waals surface area contributed by atoms with Crippen LogP contribution in [0.15, 0.2) is 24.3 Å². The van der Waals surface area contributed by atoms with E-state index >= 15 is 0 Å². The number of carbonyl (C=O) groups is 1. The highest BCUT2D eigenvalue weighted by Crippen LogP contribution is 2.63. The van der Waals surface area contributed by atoms with Crippen molar-refractivity contribution in [3.8, 4) is 6.07 Å². The quantitative estimate of drug-likeness (QED) is 0.907. The first-order valence-electron chi connectivity index (χ1n) is 6.24. The molecular weight excluding hydrogens is 278 g/mol. The third kappa shape index (κ3) is 1.90. The van der Waals surface area contributed by atoms with Crippen LogP contribution in [0.5, 0.6) is 0 Å². The molecule has 5 nitrogen and oxygen atoms in total. The smallest absolute Gasteiger partial charge is 0.326 e. The van der Waals surface area contributed by atoms with Crippen molar-refractivity contribution >= 4 is 15.8 Å². The first-order valence-corrected chi connectivity index (χ1v) is 7.95. The highest BCUT2D eigenvalue weighted by molar-refractivity contribution is 7.92. The number of sulfone groups is 1. The Morgan fingerprint density at radius 1 is 1.40 bits per heavy atom. The van der Waals surface area contributed by atoms with E-state index in [1.54, 1.807) is 30.3 Å². The van der Waals surface area contributed by atoms with Crippen LogP contribution in [0.25, 0.3) is 0 Å². The number of benzene rings is 1. The van der Waals surface area contributed by atoms with Crippen LogP contribution in [0.3, 0.4) is 0 Å². The number of carboxylic acid groups (broad SMARTS) is 1. The van der Waals surface area contributed by atoms with Crippen molar-refractivity contribution < 1.29 is 18.3 Å². The Morgan fingerprint density at radius 3 is 2.35 bits per heavy atom. The molecule has 0 amide bonds. The van der Waals surface area contributed by atoms with Crippen molar-refractivity contribution in [3.63, 3.8) is 0 Å². The molecule has 2 rings (SSSR count). The summed E-state index contributed by atoms with van der Waals surface area (Å²) in [4.78, 5) is 11.5. The molecule has 0 spiro atoms. The first kappa shape index (κ1) is 14.5. The number of hydrogen-bond acceptors (Lipinski definition) is 4. The third-order valence-corrected chi connectivity index (χ3v) is 6.12. The second-order valence-electron chi connectivity index (χ2n) is 5.05. The molecule has 1 fully saturated rings. The van der Waals surface area contributed by atoms with Crippen molar-refractivity contribution in [2.45, 2.75) is 25.0 Å². The summed E-state index contributed by atoms with van der Waals surface area (Å²) in [5.74, 6) is -2.33. The van der Waals surface area contributed by atoms with Crippen LogP contribution in [-0.2, 0) is 14.6 Å². The van der Waals surface area contributed by atoms with Gasteiger partial charge in [-0.2, -0.15) is 5.26 Å². The van der Waals surface area contributed by atoms with Gasteiger partial charge in [0.1, 0.15) is 5.25 Å². The molecule has 0 aliphatic heterocycles. The van der Waals surface area contributed by atoms with Gasteiger partial charge in [0.2, 0.25) is 0 Å². The summed E-state index contributed by atoms with van der Waals surface area (Å²) in [6.07, 6.45) is 0. The molecule has 3 atom stereocenters. The Kier molecular flexibility index (Phi) is 3.34. The van der Waals surface area contributed by atoms with E-state index in [4.69, 9.17) is 0 Å². The fraction of sp³-hybridized carbons (Fsp3) is 0.429. The number of aryl methyl sites for hydroxylation is 1. The van der Waals surface area contributed by atoms with Crippen molar-refractivity contribution in [1.82, 2.24) is 0 Å². The molecule has 6 heteroatoms. The zero-order chi connectivity index (χ0) is 15.1. The Morgan fingerprint density at radius 2 is 1.95 bits per heavy atom. The van der Waals surface area contributed by atoms with Gasteiger partial charge in [0.15, 0.2) is 15.3 Å². The number of aliphatic carboxylic acids is 1. The van der Waals surface area contributed by atoms with Crippen molar-refractivity contribution in [1.29, 1.82) is 5.26 Å². The summed E-state index contributed by atoms with van der Waals surface area (Å²) in [7, 11) is -3.60. The van der Waals surface area contributed by atoms with Crippen molar-refractivity contribution in [2.24, 2.45) is 5.41 Å². The lowest BCUT2D eigenvalue weighted by Crippen LogP contribution is -2.23. The van der Waals surface area contributed by atoms with E-state index in [2.05, 4.69) is 0 Å². The number of rotatable bonds is 4. The fourth-order valence-corrected chi connectivity index (χ4v) is 4.61. The van der Waals surface area contributed by atoms with Crippen LogP contribution in [0.4, 0.5) is 0 Å². The topological polar surface area (TPSA) is 95.2 Å². The second kappa shape index (κ2) is 4.60. The van der Waals surface area contributed by atoms with E-state index in [1.807, 2.05) is 6.92 Å². The van der Waals surface area contributed by atoms with E-state index in [1.165, 1.54) is 6.92 Å². The maximum Gasteiger partial charge on any atom is 0.326 e. The molecule has 0 heterocycles. The Hall–Kier alpha value is -1.87. The molecule has 0 radical (unpaired) electrons. The maximum atomic E-state index is 12.1. The van der Waals surface area contributed by atoms with E-state index in [0.717, 1.165) is 5.56 Å². The summed E-state index contributed by atoms with van der Waals surface area (Å²) in [5.41, 5.74) is -0.284. The molecule has 1 saturated carbocycles. The molecule has 1 aliphatic rings.